The fourth-order valence-corrected chi connectivity index (χ4v) is 1.35. The second-order valence-corrected chi connectivity index (χ2v) is 3.14. The van der Waals surface area contributed by atoms with E-state index >= 15 is 0 Å². The van der Waals surface area contributed by atoms with Crippen LogP contribution in [0.5, 0.6) is 0 Å². The molecular formula is C12H15NO. The van der Waals surface area contributed by atoms with Gasteiger partial charge in [0.2, 0.25) is 0 Å². The number of carbonyl (C=O) groups is 1. The number of rotatable bonds is 5. The number of allylic oxidation sites excluding steroid dienone is 1. The Morgan fingerprint density at radius 3 is 3.07 bits per heavy atom. The summed E-state index contributed by atoms with van der Waals surface area (Å²) in [6.07, 6.45) is 7.33. The molecule has 0 bridgehead atoms. The highest BCUT2D eigenvalue weighted by molar-refractivity contribution is 5.97. The first-order chi connectivity index (χ1) is 6.79. The standard InChI is InChI=1S/C12H15NO/c1-3-5-6-12(14)11-7-8-13-9-10(11)4-2/h3,7-9H,1,4-6H2,2H3. The third-order valence-corrected chi connectivity index (χ3v) is 2.16. The van der Waals surface area contributed by atoms with Crippen LogP contribution in [0.25, 0.3) is 0 Å². The molecule has 0 aromatic carbocycles. The van der Waals surface area contributed by atoms with E-state index < -0.39 is 0 Å². The molecule has 0 saturated carbocycles. The molecule has 0 fully saturated rings. The molecule has 2 heteroatoms. The van der Waals surface area contributed by atoms with Crippen LogP contribution in [0.2, 0.25) is 0 Å². The van der Waals surface area contributed by atoms with Gasteiger partial charge in [-0.05, 0) is 24.5 Å². The summed E-state index contributed by atoms with van der Waals surface area (Å²) < 4.78 is 0. The fourth-order valence-electron chi connectivity index (χ4n) is 1.35. The van der Waals surface area contributed by atoms with E-state index in [0.717, 1.165) is 24.0 Å². The first kappa shape index (κ1) is 10.6. The summed E-state index contributed by atoms with van der Waals surface area (Å²) in [4.78, 5) is 15.7. The second-order valence-electron chi connectivity index (χ2n) is 3.14. The van der Waals surface area contributed by atoms with Gasteiger partial charge in [0.1, 0.15) is 0 Å². The maximum absolute atomic E-state index is 11.7. The number of pyridine rings is 1. The van der Waals surface area contributed by atoms with Gasteiger partial charge in [0.05, 0.1) is 0 Å². The minimum Gasteiger partial charge on any atom is -0.294 e. The Hall–Kier alpha value is -1.44. The summed E-state index contributed by atoms with van der Waals surface area (Å²) in [5, 5.41) is 0. The quantitative estimate of drug-likeness (QED) is 0.526. The van der Waals surface area contributed by atoms with Gasteiger partial charge < -0.3 is 0 Å². The van der Waals surface area contributed by atoms with Crippen molar-refractivity contribution in [2.45, 2.75) is 26.2 Å². The Labute approximate surface area is 84.7 Å². The number of hydrogen-bond donors (Lipinski definition) is 0. The van der Waals surface area contributed by atoms with Gasteiger partial charge in [-0.2, -0.15) is 0 Å². The lowest BCUT2D eigenvalue weighted by Crippen LogP contribution is -2.03. The molecular weight excluding hydrogens is 174 g/mol. The molecule has 74 valence electrons. The number of aryl methyl sites for hydroxylation is 1. The molecule has 14 heavy (non-hydrogen) atoms. The Bertz CT molecular complexity index is 331. The van der Waals surface area contributed by atoms with Crippen LogP contribution in [0.4, 0.5) is 0 Å². The molecule has 1 aromatic heterocycles. The first-order valence-electron chi connectivity index (χ1n) is 4.86. The van der Waals surface area contributed by atoms with Crippen molar-refractivity contribution < 1.29 is 4.79 Å². The monoisotopic (exact) mass is 189 g/mol. The Morgan fingerprint density at radius 2 is 2.43 bits per heavy atom. The highest BCUT2D eigenvalue weighted by Crippen LogP contribution is 2.11. The first-order valence-corrected chi connectivity index (χ1v) is 4.86. The number of nitrogens with zero attached hydrogens (tertiary/aromatic N) is 1. The SMILES string of the molecule is C=CCCC(=O)c1ccncc1CC. The number of carbonyl (C=O) groups excluding carboxylic acids is 1. The predicted octanol–water partition coefficient (Wildman–Crippen LogP) is 2.79. The lowest BCUT2D eigenvalue weighted by Gasteiger charge is -2.04. The average molecular weight is 189 g/mol. The van der Waals surface area contributed by atoms with E-state index in [0.29, 0.717) is 6.42 Å². The summed E-state index contributed by atoms with van der Waals surface area (Å²) in [5.41, 5.74) is 1.84. The van der Waals surface area contributed by atoms with Crippen LogP contribution < -0.4 is 0 Å². The van der Waals surface area contributed by atoms with Crippen molar-refractivity contribution in [2.24, 2.45) is 0 Å². The minimum absolute atomic E-state index is 0.184. The second kappa shape index (κ2) is 5.32. The molecule has 1 rings (SSSR count). The van der Waals surface area contributed by atoms with Crippen LogP contribution in [0, 0.1) is 0 Å². The lowest BCUT2D eigenvalue weighted by atomic mass is 10.0. The molecule has 0 unspecified atom stereocenters. The van der Waals surface area contributed by atoms with Gasteiger partial charge in [-0.3, -0.25) is 9.78 Å². The van der Waals surface area contributed by atoms with Crippen LogP contribution in [0.1, 0.15) is 35.7 Å². The molecule has 0 saturated heterocycles. The van der Waals surface area contributed by atoms with Gasteiger partial charge in [0, 0.05) is 24.4 Å². The molecule has 0 aliphatic rings. The van der Waals surface area contributed by atoms with E-state index in [4.69, 9.17) is 0 Å². The van der Waals surface area contributed by atoms with Crippen LogP contribution in [0.15, 0.2) is 31.1 Å². The zero-order valence-corrected chi connectivity index (χ0v) is 8.49. The maximum Gasteiger partial charge on any atom is 0.163 e. The average Bonchev–Trinajstić information content (AvgIpc) is 2.25. The van der Waals surface area contributed by atoms with Gasteiger partial charge in [-0.15, -0.1) is 6.58 Å². The fraction of sp³-hybridized carbons (Fsp3) is 0.333. The predicted molar refractivity (Wildman–Crippen MR) is 57.4 cm³/mol. The van der Waals surface area contributed by atoms with E-state index in [9.17, 15) is 4.79 Å². The molecule has 0 amide bonds. The summed E-state index contributed by atoms with van der Waals surface area (Å²) in [6, 6.07) is 1.80. The number of aromatic nitrogens is 1. The van der Waals surface area contributed by atoms with Crippen molar-refractivity contribution in [1.29, 1.82) is 0 Å². The van der Waals surface area contributed by atoms with Crippen molar-refractivity contribution >= 4 is 5.78 Å². The van der Waals surface area contributed by atoms with Crippen LogP contribution in [-0.2, 0) is 6.42 Å². The molecule has 0 spiro atoms. The molecule has 0 radical (unpaired) electrons. The summed E-state index contributed by atoms with van der Waals surface area (Å²) in [7, 11) is 0. The lowest BCUT2D eigenvalue weighted by molar-refractivity contribution is 0.0982. The minimum atomic E-state index is 0.184. The smallest absolute Gasteiger partial charge is 0.163 e. The molecule has 0 N–H and O–H groups in total. The molecule has 1 aromatic rings. The highest BCUT2D eigenvalue weighted by Gasteiger charge is 2.08. The van der Waals surface area contributed by atoms with Gasteiger partial charge in [0.15, 0.2) is 5.78 Å². The summed E-state index contributed by atoms with van der Waals surface area (Å²) in [5.74, 6) is 0.184. The molecule has 1 heterocycles. The molecule has 2 nitrogen and oxygen atoms in total. The van der Waals surface area contributed by atoms with E-state index in [-0.39, 0.29) is 5.78 Å². The molecule has 0 atom stereocenters. The van der Waals surface area contributed by atoms with E-state index in [2.05, 4.69) is 11.6 Å². The summed E-state index contributed by atoms with van der Waals surface area (Å²) >= 11 is 0. The third kappa shape index (κ3) is 2.52. The van der Waals surface area contributed by atoms with E-state index in [1.807, 2.05) is 6.92 Å². The highest BCUT2D eigenvalue weighted by atomic mass is 16.1. The van der Waals surface area contributed by atoms with Gasteiger partial charge >= 0.3 is 0 Å². The van der Waals surface area contributed by atoms with Crippen LogP contribution >= 0.6 is 0 Å². The third-order valence-electron chi connectivity index (χ3n) is 2.16. The van der Waals surface area contributed by atoms with Gasteiger partial charge in [0.25, 0.3) is 0 Å². The zero-order chi connectivity index (χ0) is 10.4. The van der Waals surface area contributed by atoms with Crippen LogP contribution in [-0.4, -0.2) is 10.8 Å². The number of hydrogen-bond acceptors (Lipinski definition) is 2. The van der Waals surface area contributed by atoms with Crippen molar-refractivity contribution in [2.75, 3.05) is 0 Å². The summed E-state index contributed by atoms with van der Waals surface area (Å²) in [6.45, 7) is 5.63. The Morgan fingerprint density at radius 1 is 1.64 bits per heavy atom. The zero-order valence-electron chi connectivity index (χ0n) is 8.49. The maximum atomic E-state index is 11.7. The molecule has 0 aliphatic heterocycles. The molecule has 0 aliphatic carbocycles. The van der Waals surface area contributed by atoms with Gasteiger partial charge in [-0.1, -0.05) is 13.0 Å². The number of ketones is 1. The topological polar surface area (TPSA) is 30.0 Å². The Balaban J connectivity index is 2.82. The van der Waals surface area contributed by atoms with Gasteiger partial charge in [-0.25, -0.2) is 0 Å². The van der Waals surface area contributed by atoms with Crippen molar-refractivity contribution in [1.82, 2.24) is 4.98 Å². The normalized spacial score (nSPS) is 9.79. The van der Waals surface area contributed by atoms with Crippen molar-refractivity contribution in [3.63, 3.8) is 0 Å². The van der Waals surface area contributed by atoms with Crippen LogP contribution in [0.3, 0.4) is 0 Å². The van der Waals surface area contributed by atoms with Crippen molar-refractivity contribution in [3.8, 4) is 0 Å². The van der Waals surface area contributed by atoms with E-state index in [1.54, 1.807) is 24.5 Å². The van der Waals surface area contributed by atoms with Crippen molar-refractivity contribution in [3.05, 3.63) is 42.2 Å². The van der Waals surface area contributed by atoms with E-state index in [1.165, 1.54) is 0 Å². The largest absolute Gasteiger partial charge is 0.294 e. The Kier molecular flexibility index (Phi) is 4.05. The number of Topliss-reactive ketones (excluding diaryl/α,β-unsaturated/α-hetero) is 1.